The summed E-state index contributed by atoms with van der Waals surface area (Å²) in [4.78, 5) is 134. The second kappa shape index (κ2) is 37.2. The van der Waals surface area contributed by atoms with E-state index in [0.717, 1.165) is 0 Å². The maximum Gasteiger partial charge on any atom is 0.326 e. The molecule has 2 aromatic carbocycles. The molecule has 14 N–H and O–H groups in total. The number of aliphatic carboxylic acids is 5. The number of phenolic OH excluding ortho intramolecular Hbond substituents is 2. The smallest absolute Gasteiger partial charge is 0.326 e. The highest BCUT2D eigenvalue weighted by Gasteiger charge is 2.25. The predicted octanol–water partition coefficient (Wildman–Crippen LogP) is 0.137. The summed E-state index contributed by atoms with van der Waals surface area (Å²) < 4.78 is 0. The number of hydrogen-bond donors (Lipinski definition) is 15. The molecule has 0 aliphatic heterocycles. The van der Waals surface area contributed by atoms with Crippen molar-refractivity contribution < 1.29 is 88.5 Å². The van der Waals surface area contributed by atoms with Gasteiger partial charge in [-0.2, -0.15) is 12.6 Å². The van der Waals surface area contributed by atoms with Crippen molar-refractivity contribution in [3.8, 4) is 11.5 Å². The molecule has 0 saturated carbocycles. The molecule has 0 spiro atoms. The maximum atomic E-state index is 12.7. The van der Waals surface area contributed by atoms with Gasteiger partial charge >= 0.3 is 35.9 Å². The van der Waals surface area contributed by atoms with Gasteiger partial charge in [0.05, 0.1) is 13.1 Å². The molecule has 28 heteroatoms. The number of urea groups is 1. The first-order valence-corrected chi connectivity index (χ1v) is 26.3. The number of carbonyl (C=O) groups excluding carboxylic acids is 6. The van der Waals surface area contributed by atoms with Gasteiger partial charge in [-0.15, -0.1) is 0 Å². The van der Waals surface area contributed by atoms with E-state index in [4.69, 9.17) is 5.11 Å². The molecule has 0 radical (unpaired) electrons. The fourth-order valence-corrected chi connectivity index (χ4v) is 8.06. The molecule has 438 valence electrons. The van der Waals surface area contributed by atoms with Crippen molar-refractivity contribution in [1.82, 2.24) is 47.0 Å². The van der Waals surface area contributed by atoms with Crippen molar-refractivity contribution in [2.24, 2.45) is 0 Å². The van der Waals surface area contributed by atoms with Gasteiger partial charge in [0.25, 0.3) is 0 Å². The molecule has 27 nitrogen and oxygen atoms in total. The SMILES string of the molecule is CC(=O)NC(CS)C(=O)NCCNC(=O)CCc1ccc(O)c(CN(CCN(CC(=O)O)Cc2cc(CCC(=O)NCCCCCC(=O)NCCCCC(NC(=O)NC(CCC(=O)O)C(=O)O)C(=O)O)ccc2O)CC(=O)O)c1. The number of phenols is 2. The van der Waals surface area contributed by atoms with E-state index in [1.54, 1.807) is 24.3 Å². The summed E-state index contributed by atoms with van der Waals surface area (Å²) in [5.41, 5.74) is 2.12. The predicted molar refractivity (Wildman–Crippen MR) is 286 cm³/mol. The van der Waals surface area contributed by atoms with E-state index < -0.39 is 85.8 Å². The number of aryl methyl sites for hydroxylation is 2. The topological polar surface area (TPSA) is 420 Å². The molecule has 3 atom stereocenters. The fraction of sp³-hybridized carbons (Fsp3) is 0.549. The van der Waals surface area contributed by atoms with Crippen molar-refractivity contribution in [2.45, 2.75) is 122 Å². The first-order valence-electron chi connectivity index (χ1n) is 25.7. The van der Waals surface area contributed by atoms with E-state index in [9.17, 15) is 83.4 Å². The third-order valence-electron chi connectivity index (χ3n) is 11.9. The lowest BCUT2D eigenvalue weighted by Crippen LogP contribution is -2.51. The van der Waals surface area contributed by atoms with Crippen LogP contribution in [0.3, 0.4) is 0 Å². The molecule has 79 heavy (non-hydrogen) atoms. The second-order valence-corrected chi connectivity index (χ2v) is 18.9. The molecule has 2 aromatic rings. The number of thiol groups is 1. The Kier molecular flexibility index (Phi) is 31.7. The van der Waals surface area contributed by atoms with Gasteiger partial charge in [-0.1, -0.05) is 30.7 Å². The average Bonchev–Trinajstić information content (AvgIpc) is 3.38. The van der Waals surface area contributed by atoms with Gasteiger partial charge in [-0.3, -0.25) is 48.2 Å². The van der Waals surface area contributed by atoms with Gasteiger partial charge < -0.3 is 73.0 Å². The van der Waals surface area contributed by atoms with E-state index in [-0.39, 0.29) is 119 Å². The molecule has 0 bridgehead atoms. The molecule has 0 aliphatic rings. The number of carboxylic acid groups (broad SMARTS) is 5. The minimum Gasteiger partial charge on any atom is -0.508 e. The maximum absolute atomic E-state index is 12.7. The number of nitrogens with one attached hydrogen (secondary N) is 7. The molecular formula is C51H75N9O18S. The second-order valence-electron chi connectivity index (χ2n) is 18.5. The Bertz CT molecular complexity index is 2390. The highest BCUT2D eigenvalue weighted by atomic mass is 32.1. The van der Waals surface area contributed by atoms with E-state index in [2.05, 4.69) is 49.8 Å². The standard InChI is InChI=1S/C51H75N9O18S/c1-32(61)56-39(31-79)48(73)55-22-21-54-44(66)17-12-34-10-15-41(63)36(26-34)28-60(30-47(71)72)24-23-59(29-46(69)70)27-35-25-33(9-14-40(35)62)11-16-43(65)53-19-5-2-3-8-42(64)52-20-6-4-7-37(49(74)75)57-51(78)58-38(50(76)77)13-18-45(67)68/h9-10,14-15,25-26,37-39,62-63,79H,2-8,11-13,16-24,27-31H2,1H3,(H,52,64)(H,53,65)(H,54,66)(H,55,73)(H,56,61)(H,67,68)(H,69,70)(H,71,72)(H,74,75)(H,76,77)(H2,57,58,78). The summed E-state index contributed by atoms with van der Waals surface area (Å²) in [6.07, 6.45) is 2.48. The van der Waals surface area contributed by atoms with Crippen LogP contribution in [0, 0.1) is 0 Å². The van der Waals surface area contributed by atoms with Gasteiger partial charge in [0.15, 0.2) is 0 Å². The Morgan fingerprint density at radius 2 is 0.962 bits per heavy atom. The number of benzene rings is 2. The van der Waals surface area contributed by atoms with Crippen LogP contribution in [-0.4, -0.2) is 187 Å². The summed E-state index contributed by atoms with van der Waals surface area (Å²) >= 11 is 4.06. The molecule has 7 amide bonds. The van der Waals surface area contributed by atoms with Gasteiger partial charge in [-0.05, 0) is 74.6 Å². The number of unbranched alkanes of at least 4 members (excludes halogenated alkanes) is 3. The average molecular weight is 1130 g/mol. The lowest BCUT2D eigenvalue weighted by Gasteiger charge is -2.26. The summed E-state index contributed by atoms with van der Waals surface area (Å²) in [6, 6.07) is 4.68. The Labute approximate surface area is 462 Å². The summed E-state index contributed by atoms with van der Waals surface area (Å²) in [5.74, 6) is -8.16. The summed E-state index contributed by atoms with van der Waals surface area (Å²) in [7, 11) is 0. The van der Waals surface area contributed by atoms with E-state index in [1.165, 1.54) is 28.9 Å². The molecule has 0 fully saturated rings. The molecule has 0 saturated heterocycles. The van der Waals surface area contributed by atoms with Gasteiger partial charge in [0.2, 0.25) is 29.5 Å². The molecule has 0 heterocycles. The normalized spacial score (nSPS) is 12.1. The van der Waals surface area contributed by atoms with Crippen LogP contribution in [0.2, 0.25) is 0 Å². The Balaban J connectivity index is 1.80. The van der Waals surface area contributed by atoms with Crippen LogP contribution in [0.4, 0.5) is 4.79 Å². The molecule has 0 aromatic heterocycles. The van der Waals surface area contributed by atoms with E-state index >= 15 is 0 Å². The van der Waals surface area contributed by atoms with Crippen molar-refractivity contribution in [1.29, 1.82) is 0 Å². The van der Waals surface area contributed by atoms with Crippen molar-refractivity contribution in [3.05, 3.63) is 58.7 Å². The van der Waals surface area contributed by atoms with Crippen LogP contribution >= 0.6 is 12.6 Å². The zero-order valence-corrected chi connectivity index (χ0v) is 45.0. The number of nitrogens with zero attached hydrogens (tertiary/aromatic N) is 2. The van der Waals surface area contributed by atoms with Crippen LogP contribution < -0.4 is 37.2 Å². The van der Waals surface area contributed by atoms with Crippen molar-refractivity contribution in [2.75, 3.05) is 58.1 Å². The Hall–Kier alpha value is -7.72. The van der Waals surface area contributed by atoms with Crippen molar-refractivity contribution in [3.63, 3.8) is 0 Å². The highest BCUT2D eigenvalue weighted by molar-refractivity contribution is 7.80. The van der Waals surface area contributed by atoms with Gasteiger partial charge in [0.1, 0.15) is 29.6 Å². The van der Waals surface area contributed by atoms with Crippen LogP contribution in [0.5, 0.6) is 11.5 Å². The number of carboxylic acids is 5. The monoisotopic (exact) mass is 1130 g/mol. The lowest BCUT2D eigenvalue weighted by molar-refractivity contribution is -0.141. The Morgan fingerprint density at radius 3 is 1.42 bits per heavy atom. The van der Waals surface area contributed by atoms with Gasteiger partial charge in [-0.25, -0.2) is 14.4 Å². The lowest BCUT2D eigenvalue weighted by atomic mass is 10.0. The minimum absolute atomic E-state index is 0.0147. The molecular weight excluding hydrogens is 1060 g/mol. The zero-order valence-electron chi connectivity index (χ0n) is 44.1. The first-order chi connectivity index (χ1) is 37.4. The number of aromatic hydroxyl groups is 2. The summed E-state index contributed by atoms with van der Waals surface area (Å²) in [5, 5.41) is 85.9. The van der Waals surface area contributed by atoms with E-state index in [1.807, 2.05) is 0 Å². The largest absolute Gasteiger partial charge is 0.508 e. The highest BCUT2D eigenvalue weighted by Crippen LogP contribution is 2.23. The quantitative estimate of drug-likeness (QED) is 0.0311. The molecule has 0 aliphatic carbocycles. The molecule has 3 unspecified atom stereocenters. The van der Waals surface area contributed by atoms with Crippen molar-refractivity contribution >= 4 is 78.0 Å². The number of hydrogen-bond acceptors (Lipinski definition) is 16. The number of carbonyl (C=O) groups is 11. The van der Waals surface area contributed by atoms with E-state index in [0.29, 0.717) is 67.3 Å². The van der Waals surface area contributed by atoms with Crippen LogP contribution in [0.15, 0.2) is 36.4 Å². The van der Waals surface area contributed by atoms with Crippen LogP contribution in [0.1, 0.15) is 99.8 Å². The number of rotatable bonds is 41. The fourth-order valence-electron chi connectivity index (χ4n) is 7.81. The molecule has 2 rings (SSSR count). The number of amides is 7. The van der Waals surface area contributed by atoms with Gasteiger partial charge in [0, 0.05) is 102 Å². The third-order valence-corrected chi connectivity index (χ3v) is 12.3. The zero-order chi connectivity index (χ0) is 58.9. The van der Waals surface area contributed by atoms with Crippen LogP contribution in [-0.2, 0) is 73.9 Å². The first kappa shape index (κ1) is 67.4. The Morgan fingerprint density at radius 1 is 0.506 bits per heavy atom. The van der Waals surface area contributed by atoms with Crippen LogP contribution in [0.25, 0.3) is 0 Å². The minimum atomic E-state index is -1.53. The summed E-state index contributed by atoms with van der Waals surface area (Å²) in [6.45, 7) is 1.22. The third kappa shape index (κ3) is 30.1.